The fourth-order valence-corrected chi connectivity index (χ4v) is 1.23. The zero-order valence-electron chi connectivity index (χ0n) is 5.22. The van der Waals surface area contributed by atoms with Gasteiger partial charge >= 0.3 is 0 Å². The topological polar surface area (TPSA) is 15.8 Å². The number of hydrogen-bond acceptors (Lipinski definition) is 0. The summed E-state index contributed by atoms with van der Waals surface area (Å²) in [5.41, 5.74) is 2.84. The third-order valence-electron chi connectivity index (χ3n) is 1.76. The van der Waals surface area contributed by atoms with Crippen LogP contribution in [0.3, 0.4) is 0 Å². The van der Waals surface area contributed by atoms with Crippen molar-refractivity contribution in [1.82, 2.24) is 4.98 Å². The number of hydrogen-bond donors (Lipinski definition) is 1. The molecule has 1 aliphatic carbocycles. The summed E-state index contributed by atoms with van der Waals surface area (Å²) in [6, 6.07) is 2.15. The SMILES string of the molecule is C1=CCc2[nH]ccc2C1. The van der Waals surface area contributed by atoms with Crippen LogP contribution in [0.4, 0.5) is 0 Å². The fraction of sp³-hybridized carbons (Fsp3) is 0.250. The van der Waals surface area contributed by atoms with Crippen molar-refractivity contribution in [2.75, 3.05) is 0 Å². The van der Waals surface area contributed by atoms with Crippen molar-refractivity contribution in [2.45, 2.75) is 12.8 Å². The molecule has 9 heavy (non-hydrogen) atoms. The van der Waals surface area contributed by atoms with Gasteiger partial charge < -0.3 is 4.98 Å². The molecule has 0 atom stereocenters. The molecule has 0 saturated heterocycles. The first-order chi connectivity index (χ1) is 4.47. The van der Waals surface area contributed by atoms with Crippen molar-refractivity contribution < 1.29 is 0 Å². The second-order valence-corrected chi connectivity index (χ2v) is 2.36. The summed E-state index contributed by atoms with van der Waals surface area (Å²) < 4.78 is 0. The Morgan fingerprint density at radius 1 is 1.22 bits per heavy atom. The van der Waals surface area contributed by atoms with E-state index < -0.39 is 0 Å². The van der Waals surface area contributed by atoms with Gasteiger partial charge in [-0.15, -0.1) is 0 Å². The molecule has 0 amide bonds. The summed E-state index contributed by atoms with van der Waals surface area (Å²) in [6.45, 7) is 0. The molecule has 1 aromatic rings. The first-order valence-electron chi connectivity index (χ1n) is 3.27. The van der Waals surface area contributed by atoms with E-state index >= 15 is 0 Å². The van der Waals surface area contributed by atoms with Gasteiger partial charge in [0.1, 0.15) is 0 Å². The van der Waals surface area contributed by atoms with Crippen LogP contribution in [0.2, 0.25) is 0 Å². The molecule has 0 spiro atoms. The number of allylic oxidation sites excluding steroid dienone is 2. The van der Waals surface area contributed by atoms with Crippen molar-refractivity contribution in [1.29, 1.82) is 0 Å². The Morgan fingerprint density at radius 3 is 3.00 bits per heavy atom. The molecule has 1 nitrogen and oxygen atoms in total. The summed E-state index contributed by atoms with van der Waals surface area (Å²) in [7, 11) is 0. The van der Waals surface area contributed by atoms with E-state index in [1.165, 1.54) is 11.3 Å². The lowest BCUT2D eigenvalue weighted by Crippen LogP contribution is -1.93. The number of H-pyrrole nitrogens is 1. The van der Waals surface area contributed by atoms with Gasteiger partial charge in [0.25, 0.3) is 0 Å². The fourth-order valence-electron chi connectivity index (χ4n) is 1.23. The smallest absolute Gasteiger partial charge is 0.0221 e. The van der Waals surface area contributed by atoms with Gasteiger partial charge in [0.05, 0.1) is 0 Å². The Morgan fingerprint density at radius 2 is 2.11 bits per heavy atom. The maximum absolute atomic E-state index is 3.21. The predicted octanol–water partition coefficient (Wildman–Crippen LogP) is 1.67. The van der Waals surface area contributed by atoms with E-state index in [1.54, 1.807) is 0 Å². The van der Waals surface area contributed by atoms with Crippen molar-refractivity contribution in [3.8, 4) is 0 Å². The molecular formula is C8H9N. The van der Waals surface area contributed by atoms with Crippen LogP contribution in [-0.2, 0) is 12.8 Å². The molecule has 2 rings (SSSR count). The zero-order chi connectivity index (χ0) is 6.10. The number of nitrogens with one attached hydrogen (secondary N) is 1. The third kappa shape index (κ3) is 0.689. The summed E-state index contributed by atoms with van der Waals surface area (Å²) in [5.74, 6) is 0. The quantitative estimate of drug-likeness (QED) is 0.500. The molecule has 0 fully saturated rings. The summed E-state index contributed by atoms with van der Waals surface area (Å²) in [6.07, 6.45) is 8.63. The first kappa shape index (κ1) is 4.86. The highest BCUT2D eigenvalue weighted by Crippen LogP contribution is 2.13. The van der Waals surface area contributed by atoms with E-state index in [0.29, 0.717) is 0 Å². The van der Waals surface area contributed by atoms with Crippen molar-refractivity contribution in [3.05, 3.63) is 35.7 Å². The standard InChI is InChI=1S/C8H9N/c1-2-4-8-7(3-1)5-6-9-8/h1-2,5-6,9H,3-4H2. The highest BCUT2D eigenvalue weighted by molar-refractivity contribution is 5.28. The van der Waals surface area contributed by atoms with Crippen molar-refractivity contribution >= 4 is 0 Å². The molecule has 0 bridgehead atoms. The van der Waals surface area contributed by atoms with Crippen LogP contribution < -0.4 is 0 Å². The van der Waals surface area contributed by atoms with E-state index in [4.69, 9.17) is 0 Å². The van der Waals surface area contributed by atoms with Gasteiger partial charge in [0.2, 0.25) is 0 Å². The third-order valence-corrected chi connectivity index (χ3v) is 1.76. The van der Waals surface area contributed by atoms with Crippen molar-refractivity contribution in [3.63, 3.8) is 0 Å². The zero-order valence-corrected chi connectivity index (χ0v) is 5.22. The summed E-state index contributed by atoms with van der Waals surface area (Å²) in [4.78, 5) is 3.21. The molecular weight excluding hydrogens is 110 g/mol. The molecule has 1 aliphatic rings. The number of rotatable bonds is 0. The number of aromatic nitrogens is 1. The second kappa shape index (κ2) is 1.76. The van der Waals surface area contributed by atoms with Gasteiger partial charge in [0.15, 0.2) is 0 Å². The summed E-state index contributed by atoms with van der Waals surface area (Å²) >= 11 is 0. The minimum atomic E-state index is 1.09. The van der Waals surface area contributed by atoms with E-state index in [1.807, 2.05) is 6.20 Å². The Labute approximate surface area is 54.4 Å². The van der Waals surface area contributed by atoms with Gasteiger partial charge in [-0.1, -0.05) is 12.2 Å². The van der Waals surface area contributed by atoms with Crippen LogP contribution in [-0.4, -0.2) is 4.98 Å². The normalized spacial score (nSPS) is 15.6. The maximum Gasteiger partial charge on any atom is 0.0221 e. The van der Waals surface area contributed by atoms with E-state index in [2.05, 4.69) is 23.2 Å². The molecule has 1 aromatic heterocycles. The first-order valence-corrected chi connectivity index (χ1v) is 3.27. The lowest BCUT2D eigenvalue weighted by Gasteiger charge is -2.02. The lowest BCUT2D eigenvalue weighted by molar-refractivity contribution is 1.05. The van der Waals surface area contributed by atoms with Crippen LogP contribution in [0.25, 0.3) is 0 Å². The average Bonchev–Trinajstić information content (AvgIpc) is 2.33. The van der Waals surface area contributed by atoms with E-state index in [9.17, 15) is 0 Å². The molecule has 0 aromatic carbocycles. The van der Waals surface area contributed by atoms with E-state index in [0.717, 1.165) is 12.8 Å². The Balaban J connectivity index is 2.46. The van der Waals surface area contributed by atoms with Crippen LogP contribution in [0.15, 0.2) is 24.4 Å². The van der Waals surface area contributed by atoms with Gasteiger partial charge in [-0.05, 0) is 18.1 Å². The largest absolute Gasteiger partial charge is 0.364 e. The second-order valence-electron chi connectivity index (χ2n) is 2.36. The highest BCUT2D eigenvalue weighted by atomic mass is 14.7. The number of aromatic amines is 1. The minimum absolute atomic E-state index is 1.09. The minimum Gasteiger partial charge on any atom is -0.364 e. The van der Waals surface area contributed by atoms with Crippen LogP contribution in [0.5, 0.6) is 0 Å². The molecule has 0 radical (unpaired) electrons. The number of fused-ring (bicyclic) bond motifs is 1. The van der Waals surface area contributed by atoms with Gasteiger partial charge in [-0.3, -0.25) is 0 Å². The van der Waals surface area contributed by atoms with Crippen LogP contribution in [0, 0.1) is 0 Å². The monoisotopic (exact) mass is 119 g/mol. The molecule has 1 N–H and O–H groups in total. The molecule has 1 heterocycles. The van der Waals surface area contributed by atoms with Gasteiger partial charge in [0, 0.05) is 18.3 Å². The van der Waals surface area contributed by atoms with Crippen molar-refractivity contribution in [2.24, 2.45) is 0 Å². The molecule has 1 heteroatoms. The Kier molecular flexibility index (Phi) is 0.950. The molecule has 46 valence electrons. The highest BCUT2D eigenvalue weighted by Gasteiger charge is 2.02. The average molecular weight is 119 g/mol. The predicted molar refractivity (Wildman–Crippen MR) is 37.3 cm³/mol. The Hall–Kier alpha value is -0.980. The summed E-state index contributed by atoms with van der Waals surface area (Å²) in [5, 5.41) is 0. The van der Waals surface area contributed by atoms with Crippen LogP contribution >= 0.6 is 0 Å². The molecule has 0 aliphatic heterocycles. The molecule has 0 unspecified atom stereocenters. The molecule has 0 saturated carbocycles. The van der Waals surface area contributed by atoms with Gasteiger partial charge in [-0.2, -0.15) is 0 Å². The van der Waals surface area contributed by atoms with E-state index in [-0.39, 0.29) is 0 Å². The Bertz CT molecular complexity index is 210. The maximum atomic E-state index is 3.21. The lowest BCUT2D eigenvalue weighted by atomic mass is 10.1. The van der Waals surface area contributed by atoms with Crippen LogP contribution in [0.1, 0.15) is 11.3 Å². The van der Waals surface area contributed by atoms with Gasteiger partial charge in [-0.25, -0.2) is 0 Å².